The lowest BCUT2D eigenvalue weighted by Crippen LogP contribution is -2.37. The van der Waals surface area contributed by atoms with Crippen LogP contribution in [-0.2, 0) is 11.3 Å². The molecular formula is C21H36N4O2. The van der Waals surface area contributed by atoms with Crippen molar-refractivity contribution in [2.75, 3.05) is 54.1 Å². The third-order valence-electron chi connectivity index (χ3n) is 4.43. The molecule has 0 spiro atoms. The summed E-state index contributed by atoms with van der Waals surface area (Å²) in [5, 5.41) is 6.67. The van der Waals surface area contributed by atoms with Gasteiger partial charge in [0.05, 0.1) is 6.61 Å². The van der Waals surface area contributed by atoms with Crippen LogP contribution in [0.15, 0.2) is 29.3 Å². The number of nitrogens with one attached hydrogen (secondary N) is 2. The Morgan fingerprint density at radius 3 is 2.56 bits per heavy atom. The van der Waals surface area contributed by atoms with Gasteiger partial charge in [-0.3, -0.25) is 4.99 Å². The van der Waals surface area contributed by atoms with E-state index < -0.39 is 0 Å². The summed E-state index contributed by atoms with van der Waals surface area (Å²) in [5.41, 5.74) is 1.20. The van der Waals surface area contributed by atoms with Crippen LogP contribution in [0.2, 0.25) is 0 Å². The second-order valence-electron chi connectivity index (χ2n) is 7.37. The fourth-order valence-electron chi connectivity index (χ4n) is 2.60. The summed E-state index contributed by atoms with van der Waals surface area (Å²) in [5.74, 6) is 2.58. The summed E-state index contributed by atoms with van der Waals surface area (Å²) >= 11 is 0. The minimum atomic E-state index is 0.735. The summed E-state index contributed by atoms with van der Waals surface area (Å²) in [6, 6.07) is 8.24. The Balaban J connectivity index is 1.56. The van der Waals surface area contributed by atoms with Gasteiger partial charge in [0.2, 0.25) is 0 Å². The van der Waals surface area contributed by atoms with Gasteiger partial charge < -0.3 is 25.0 Å². The number of rotatable bonds is 13. The highest BCUT2D eigenvalue weighted by atomic mass is 16.5. The van der Waals surface area contributed by atoms with Gasteiger partial charge in [-0.2, -0.15) is 0 Å². The molecule has 0 atom stereocenters. The molecule has 2 N–H and O–H groups in total. The molecule has 1 aliphatic rings. The van der Waals surface area contributed by atoms with E-state index in [1.54, 1.807) is 7.05 Å². The lowest BCUT2D eigenvalue weighted by atomic mass is 10.2. The van der Waals surface area contributed by atoms with E-state index >= 15 is 0 Å². The Labute approximate surface area is 164 Å². The molecule has 6 nitrogen and oxygen atoms in total. The predicted molar refractivity (Wildman–Crippen MR) is 111 cm³/mol. The Kier molecular flexibility index (Phi) is 10.0. The minimum absolute atomic E-state index is 0.735. The van der Waals surface area contributed by atoms with Crippen molar-refractivity contribution in [2.45, 2.75) is 32.2 Å². The lowest BCUT2D eigenvalue weighted by Gasteiger charge is -2.13. The highest BCUT2D eigenvalue weighted by Gasteiger charge is 2.20. The molecule has 1 aliphatic carbocycles. The molecular weight excluding hydrogens is 340 g/mol. The standard InChI is InChI=1S/C21H36N4O2/c1-22-21(23-12-4-14-26-17-19-6-7-19)24-16-18-8-10-20(11-9-18)27-15-5-13-25(2)3/h8-11,19H,4-7,12-17H2,1-3H3,(H2,22,23,24). The maximum atomic E-state index is 5.77. The zero-order valence-electron chi connectivity index (χ0n) is 17.2. The van der Waals surface area contributed by atoms with Gasteiger partial charge in [0.1, 0.15) is 5.75 Å². The molecule has 0 amide bonds. The van der Waals surface area contributed by atoms with Gasteiger partial charge >= 0.3 is 0 Å². The van der Waals surface area contributed by atoms with Gasteiger partial charge in [-0.25, -0.2) is 0 Å². The van der Waals surface area contributed by atoms with Gasteiger partial charge in [-0.05, 0) is 63.4 Å². The molecule has 0 radical (unpaired) electrons. The van der Waals surface area contributed by atoms with Crippen molar-refractivity contribution in [3.63, 3.8) is 0 Å². The zero-order chi connectivity index (χ0) is 19.3. The Morgan fingerprint density at radius 1 is 1.11 bits per heavy atom. The van der Waals surface area contributed by atoms with Crippen LogP contribution in [0.1, 0.15) is 31.2 Å². The van der Waals surface area contributed by atoms with Crippen LogP contribution in [0.3, 0.4) is 0 Å². The number of nitrogens with zero attached hydrogens (tertiary/aromatic N) is 2. The smallest absolute Gasteiger partial charge is 0.191 e. The van der Waals surface area contributed by atoms with E-state index in [0.29, 0.717) is 0 Å². The van der Waals surface area contributed by atoms with E-state index in [9.17, 15) is 0 Å². The molecule has 0 bridgehead atoms. The second kappa shape index (κ2) is 12.6. The summed E-state index contributed by atoms with van der Waals surface area (Å²) < 4.78 is 11.4. The van der Waals surface area contributed by atoms with Crippen LogP contribution >= 0.6 is 0 Å². The maximum absolute atomic E-state index is 5.77. The first kappa shape index (κ1) is 21.5. The Hall–Kier alpha value is -1.79. The van der Waals surface area contributed by atoms with Crippen LogP contribution in [0.25, 0.3) is 0 Å². The van der Waals surface area contributed by atoms with Crippen LogP contribution in [0.4, 0.5) is 0 Å². The molecule has 27 heavy (non-hydrogen) atoms. The third kappa shape index (κ3) is 10.2. The average Bonchev–Trinajstić information content (AvgIpc) is 3.49. The SMILES string of the molecule is CN=C(NCCCOCC1CC1)NCc1ccc(OCCCN(C)C)cc1. The summed E-state index contributed by atoms with van der Waals surface area (Å²) in [7, 11) is 5.95. The van der Waals surface area contributed by atoms with Gasteiger partial charge in [-0.15, -0.1) is 0 Å². The first-order valence-corrected chi connectivity index (χ1v) is 10.1. The van der Waals surface area contributed by atoms with Crippen LogP contribution in [0.5, 0.6) is 5.75 Å². The summed E-state index contributed by atoms with van der Waals surface area (Å²) in [6.07, 6.45) is 4.72. The molecule has 2 rings (SSSR count). The molecule has 1 aromatic rings. The van der Waals surface area contributed by atoms with Gasteiger partial charge in [-0.1, -0.05) is 12.1 Å². The summed E-state index contributed by atoms with van der Waals surface area (Å²) in [6.45, 7) is 5.14. The van der Waals surface area contributed by atoms with Gasteiger partial charge in [0.15, 0.2) is 5.96 Å². The van der Waals surface area contributed by atoms with E-state index in [1.807, 2.05) is 12.1 Å². The monoisotopic (exact) mass is 376 g/mol. The number of guanidine groups is 1. The molecule has 0 unspecified atom stereocenters. The minimum Gasteiger partial charge on any atom is -0.494 e. The van der Waals surface area contributed by atoms with Crippen LogP contribution in [0, 0.1) is 5.92 Å². The molecule has 0 aromatic heterocycles. The van der Waals surface area contributed by atoms with E-state index in [0.717, 1.165) is 69.9 Å². The van der Waals surface area contributed by atoms with Crippen molar-refractivity contribution in [1.29, 1.82) is 0 Å². The van der Waals surface area contributed by atoms with E-state index in [2.05, 4.69) is 46.8 Å². The number of ether oxygens (including phenoxy) is 2. The average molecular weight is 377 g/mol. The van der Waals surface area contributed by atoms with E-state index in [-0.39, 0.29) is 0 Å². The molecule has 1 aromatic carbocycles. The zero-order valence-corrected chi connectivity index (χ0v) is 17.2. The molecule has 0 saturated heterocycles. The lowest BCUT2D eigenvalue weighted by molar-refractivity contribution is 0.123. The molecule has 0 aliphatic heterocycles. The third-order valence-corrected chi connectivity index (χ3v) is 4.43. The molecule has 0 heterocycles. The number of benzene rings is 1. The highest BCUT2D eigenvalue weighted by Crippen LogP contribution is 2.28. The summed E-state index contributed by atoms with van der Waals surface area (Å²) in [4.78, 5) is 6.43. The van der Waals surface area contributed by atoms with Crippen molar-refractivity contribution < 1.29 is 9.47 Å². The quantitative estimate of drug-likeness (QED) is 0.315. The first-order chi connectivity index (χ1) is 13.2. The predicted octanol–water partition coefficient (Wildman–Crippen LogP) is 2.50. The van der Waals surface area contributed by atoms with E-state index in [1.165, 1.54) is 18.4 Å². The topological polar surface area (TPSA) is 58.1 Å². The second-order valence-corrected chi connectivity index (χ2v) is 7.37. The fraction of sp³-hybridized carbons (Fsp3) is 0.667. The Bertz CT molecular complexity index is 542. The van der Waals surface area contributed by atoms with Crippen molar-refractivity contribution in [3.05, 3.63) is 29.8 Å². The largest absolute Gasteiger partial charge is 0.494 e. The fourth-order valence-corrected chi connectivity index (χ4v) is 2.60. The van der Waals surface area contributed by atoms with E-state index in [4.69, 9.17) is 9.47 Å². The first-order valence-electron chi connectivity index (χ1n) is 10.1. The Morgan fingerprint density at radius 2 is 1.89 bits per heavy atom. The maximum Gasteiger partial charge on any atom is 0.191 e. The van der Waals surface area contributed by atoms with Gasteiger partial charge in [0.25, 0.3) is 0 Å². The van der Waals surface area contributed by atoms with Crippen LogP contribution < -0.4 is 15.4 Å². The van der Waals surface area contributed by atoms with Crippen molar-refractivity contribution in [3.8, 4) is 5.75 Å². The van der Waals surface area contributed by atoms with Gasteiger partial charge in [0, 0.05) is 39.9 Å². The molecule has 6 heteroatoms. The van der Waals surface area contributed by atoms with Crippen molar-refractivity contribution >= 4 is 5.96 Å². The molecule has 1 saturated carbocycles. The molecule has 1 fully saturated rings. The van der Waals surface area contributed by atoms with Crippen molar-refractivity contribution in [2.24, 2.45) is 10.9 Å². The number of aliphatic imine (C=N–C) groups is 1. The molecule has 152 valence electrons. The highest BCUT2D eigenvalue weighted by molar-refractivity contribution is 5.79. The number of hydrogen-bond donors (Lipinski definition) is 2. The van der Waals surface area contributed by atoms with Crippen molar-refractivity contribution in [1.82, 2.24) is 15.5 Å². The van der Waals surface area contributed by atoms with Crippen LogP contribution in [-0.4, -0.2) is 64.9 Å². The normalized spacial score (nSPS) is 14.4. The number of hydrogen-bond acceptors (Lipinski definition) is 4.